The summed E-state index contributed by atoms with van der Waals surface area (Å²) < 4.78 is 5.64. The van der Waals surface area contributed by atoms with Crippen LogP contribution in [0.2, 0.25) is 0 Å². The third-order valence-corrected chi connectivity index (χ3v) is 8.39. The standard InChI is InChI=1S/C34H47NO2/c1-4-6-8-9-10-11-13-27-14-23-33(32(24-27)25-35)37-34(36)31-21-19-30(20-22-31)29-17-15-28(16-18-29)26(3)12-7-5-2/h14,19-24,26,28-29H,4-13,15-18H2,1-3H3. The minimum atomic E-state index is -0.403. The van der Waals surface area contributed by atoms with Crippen LogP contribution in [0.3, 0.4) is 0 Å². The van der Waals surface area contributed by atoms with Gasteiger partial charge in [-0.25, -0.2) is 4.79 Å². The predicted molar refractivity (Wildman–Crippen MR) is 153 cm³/mol. The smallest absolute Gasteiger partial charge is 0.343 e. The van der Waals surface area contributed by atoms with Crippen molar-refractivity contribution in [2.24, 2.45) is 11.8 Å². The van der Waals surface area contributed by atoms with Crippen molar-refractivity contribution in [1.29, 1.82) is 5.26 Å². The van der Waals surface area contributed by atoms with Gasteiger partial charge in [0.05, 0.1) is 11.1 Å². The Labute approximate surface area is 225 Å². The first-order valence-electron chi connectivity index (χ1n) is 14.9. The second-order valence-electron chi connectivity index (χ2n) is 11.2. The van der Waals surface area contributed by atoms with Crippen molar-refractivity contribution in [3.63, 3.8) is 0 Å². The molecule has 1 unspecified atom stereocenters. The van der Waals surface area contributed by atoms with Crippen molar-refractivity contribution in [2.45, 2.75) is 117 Å². The molecule has 0 N–H and O–H groups in total. The number of nitriles is 1. The Bertz CT molecular complexity index is 995. The van der Waals surface area contributed by atoms with Gasteiger partial charge in [-0.05, 0) is 91.7 Å². The van der Waals surface area contributed by atoms with Crippen LogP contribution in [0.15, 0.2) is 42.5 Å². The SMILES string of the molecule is CCCCCCCCc1ccc(OC(=O)c2ccc(C3CCC(C(C)CCCC)CC3)cc2)c(C#N)c1. The number of carbonyl (C=O) groups is 1. The molecule has 0 aromatic heterocycles. The summed E-state index contributed by atoms with van der Waals surface area (Å²) in [6.45, 7) is 6.94. The molecule has 0 amide bonds. The molecule has 1 atom stereocenters. The molecule has 1 aliphatic carbocycles. The van der Waals surface area contributed by atoms with E-state index in [0.717, 1.165) is 30.2 Å². The Morgan fingerprint density at radius 1 is 0.919 bits per heavy atom. The van der Waals surface area contributed by atoms with Gasteiger partial charge in [0.15, 0.2) is 0 Å². The second-order valence-corrected chi connectivity index (χ2v) is 11.2. The maximum absolute atomic E-state index is 12.8. The molecule has 1 fully saturated rings. The predicted octanol–water partition coefficient (Wildman–Crippen LogP) is 9.78. The van der Waals surface area contributed by atoms with Gasteiger partial charge in [-0.15, -0.1) is 0 Å². The van der Waals surface area contributed by atoms with Gasteiger partial charge in [-0.1, -0.05) is 90.3 Å². The average molecular weight is 502 g/mol. The van der Waals surface area contributed by atoms with Crippen LogP contribution in [0.5, 0.6) is 5.75 Å². The average Bonchev–Trinajstić information content (AvgIpc) is 2.94. The number of hydrogen-bond donors (Lipinski definition) is 0. The lowest BCUT2D eigenvalue weighted by Gasteiger charge is -2.32. The van der Waals surface area contributed by atoms with Crippen molar-refractivity contribution >= 4 is 5.97 Å². The van der Waals surface area contributed by atoms with Gasteiger partial charge in [-0.3, -0.25) is 0 Å². The van der Waals surface area contributed by atoms with E-state index in [1.54, 1.807) is 6.07 Å². The quantitative estimate of drug-likeness (QED) is 0.147. The summed E-state index contributed by atoms with van der Waals surface area (Å²) in [5, 5.41) is 9.63. The highest BCUT2D eigenvalue weighted by Gasteiger charge is 2.26. The Morgan fingerprint density at radius 2 is 1.59 bits per heavy atom. The summed E-state index contributed by atoms with van der Waals surface area (Å²) in [4.78, 5) is 12.8. The van der Waals surface area contributed by atoms with Crippen molar-refractivity contribution < 1.29 is 9.53 Å². The molecule has 0 heterocycles. The molecule has 2 aromatic rings. The number of ether oxygens (including phenoxy) is 1. The highest BCUT2D eigenvalue weighted by Crippen LogP contribution is 2.40. The molecule has 1 saturated carbocycles. The van der Waals surface area contributed by atoms with Gasteiger partial charge >= 0.3 is 5.97 Å². The third kappa shape index (κ3) is 9.03. The lowest BCUT2D eigenvalue weighted by Crippen LogP contribution is -2.19. The van der Waals surface area contributed by atoms with E-state index in [1.807, 2.05) is 24.3 Å². The molecule has 0 bridgehead atoms. The molecule has 3 heteroatoms. The van der Waals surface area contributed by atoms with Crippen LogP contribution in [0.4, 0.5) is 0 Å². The molecule has 1 aliphatic rings. The second kappa shape index (κ2) is 15.6. The molecule has 2 aromatic carbocycles. The normalized spacial score (nSPS) is 18.2. The number of aryl methyl sites for hydroxylation is 1. The van der Waals surface area contributed by atoms with Gasteiger partial charge in [0.2, 0.25) is 0 Å². The van der Waals surface area contributed by atoms with Crippen LogP contribution in [0.25, 0.3) is 0 Å². The van der Waals surface area contributed by atoms with Crippen LogP contribution in [-0.2, 0) is 6.42 Å². The van der Waals surface area contributed by atoms with Crippen molar-refractivity contribution in [2.75, 3.05) is 0 Å². The lowest BCUT2D eigenvalue weighted by molar-refractivity contribution is 0.0734. The van der Waals surface area contributed by atoms with Crippen LogP contribution >= 0.6 is 0 Å². The number of rotatable bonds is 14. The summed E-state index contributed by atoms with van der Waals surface area (Å²) in [7, 11) is 0. The van der Waals surface area contributed by atoms with Crippen LogP contribution in [0, 0.1) is 23.2 Å². The van der Waals surface area contributed by atoms with Gasteiger partial charge in [0, 0.05) is 0 Å². The fraction of sp³-hybridized carbons (Fsp3) is 0.588. The Morgan fingerprint density at radius 3 is 2.27 bits per heavy atom. The molecule has 3 rings (SSSR count). The highest BCUT2D eigenvalue weighted by atomic mass is 16.5. The zero-order valence-electron chi connectivity index (χ0n) is 23.4. The largest absolute Gasteiger partial charge is 0.422 e. The topological polar surface area (TPSA) is 50.1 Å². The molecule has 200 valence electrons. The zero-order chi connectivity index (χ0) is 26.5. The van der Waals surface area contributed by atoms with E-state index in [4.69, 9.17) is 4.74 Å². The van der Waals surface area contributed by atoms with Gasteiger partial charge in [0.25, 0.3) is 0 Å². The van der Waals surface area contributed by atoms with Gasteiger partial charge in [-0.2, -0.15) is 5.26 Å². The molecule has 0 spiro atoms. The fourth-order valence-electron chi connectivity index (χ4n) is 5.85. The fourth-order valence-corrected chi connectivity index (χ4v) is 5.85. The minimum Gasteiger partial charge on any atom is -0.422 e. The Hall–Kier alpha value is -2.60. The first-order chi connectivity index (χ1) is 18.0. The highest BCUT2D eigenvalue weighted by molar-refractivity contribution is 5.91. The van der Waals surface area contributed by atoms with Crippen LogP contribution in [0.1, 0.15) is 137 Å². The van der Waals surface area contributed by atoms with E-state index in [2.05, 4.69) is 39.0 Å². The minimum absolute atomic E-state index is 0.346. The molecule has 37 heavy (non-hydrogen) atoms. The van der Waals surface area contributed by atoms with Crippen molar-refractivity contribution in [3.05, 3.63) is 64.7 Å². The van der Waals surface area contributed by atoms with Crippen molar-refractivity contribution in [3.8, 4) is 11.8 Å². The molecular formula is C34H47NO2. The number of nitrogens with zero attached hydrogens (tertiary/aromatic N) is 1. The lowest BCUT2D eigenvalue weighted by atomic mass is 9.73. The monoisotopic (exact) mass is 501 g/mol. The first-order valence-corrected chi connectivity index (χ1v) is 14.9. The Balaban J connectivity index is 1.50. The number of hydrogen-bond acceptors (Lipinski definition) is 3. The third-order valence-electron chi connectivity index (χ3n) is 8.39. The zero-order valence-corrected chi connectivity index (χ0v) is 23.4. The summed E-state index contributed by atoms with van der Waals surface area (Å²) in [5.41, 5.74) is 3.42. The van der Waals surface area contributed by atoms with E-state index in [9.17, 15) is 10.1 Å². The first kappa shape index (κ1) is 29.0. The summed E-state index contributed by atoms with van der Waals surface area (Å²) in [5.74, 6) is 2.23. The number of unbranched alkanes of at least 4 members (excludes halogenated alkanes) is 6. The molecule has 0 aliphatic heterocycles. The van der Waals surface area contributed by atoms with E-state index >= 15 is 0 Å². The van der Waals surface area contributed by atoms with Crippen LogP contribution in [-0.4, -0.2) is 5.97 Å². The van der Waals surface area contributed by atoms with Gasteiger partial charge in [0.1, 0.15) is 11.8 Å². The molecule has 0 radical (unpaired) electrons. The van der Waals surface area contributed by atoms with Crippen LogP contribution < -0.4 is 4.74 Å². The Kier molecular flexibility index (Phi) is 12.2. The number of benzene rings is 2. The number of carbonyl (C=O) groups excluding carboxylic acids is 1. The van der Waals surface area contributed by atoms with E-state index < -0.39 is 5.97 Å². The summed E-state index contributed by atoms with van der Waals surface area (Å²) >= 11 is 0. The summed E-state index contributed by atoms with van der Waals surface area (Å²) in [6.07, 6.45) is 17.5. The van der Waals surface area contributed by atoms with Gasteiger partial charge < -0.3 is 4.74 Å². The van der Waals surface area contributed by atoms with Crippen molar-refractivity contribution in [1.82, 2.24) is 0 Å². The molecular weight excluding hydrogens is 454 g/mol. The van der Waals surface area contributed by atoms with E-state index in [1.165, 1.54) is 82.6 Å². The molecule has 3 nitrogen and oxygen atoms in total. The summed E-state index contributed by atoms with van der Waals surface area (Å²) in [6, 6.07) is 15.8. The van der Waals surface area contributed by atoms with E-state index in [0.29, 0.717) is 22.8 Å². The molecule has 0 saturated heterocycles. The maximum atomic E-state index is 12.8. The maximum Gasteiger partial charge on any atom is 0.343 e. The van der Waals surface area contributed by atoms with E-state index in [-0.39, 0.29) is 0 Å². The number of esters is 1.